The van der Waals surface area contributed by atoms with Crippen molar-refractivity contribution in [2.24, 2.45) is 0 Å². The second-order valence-electron chi connectivity index (χ2n) is 6.31. The van der Waals surface area contributed by atoms with Crippen molar-refractivity contribution in [2.75, 3.05) is 18.5 Å². The fraction of sp³-hybridized carbons (Fsp3) is 0.368. The summed E-state index contributed by atoms with van der Waals surface area (Å²) >= 11 is 0. The van der Waals surface area contributed by atoms with Crippen LogP contribution in [0.2, 0.25) is 0 Å². The van der Waals surface area contributed by atoms with Gasteiger partial charge in [-0.25, -0.2) is 4.98 Å². The Bertz CT molecular complexity index is 794. The molecule has 1 aliphatic rings. The van der Waals surface area contributed by atoms with Crippen LogP contribution in [0, 0.1) is 0 Å². The summed E-state index contributed by atoms with van der Waals surface area (Å²) < 4.78 is 5.55. The normalized spacial score (nSPS) is 16.1. The Labute approximate surface area is 157 Å². The van der Waals surface area contributed by atoms with Crippen LogP contribution in [0.25, 0.3) is 0 Å². The van der Waals surface area contributed by atoms with Gasteiger partial charge in [0.05, 0.1) is 6.42 Å². The molecule has 142 valence electrons. The lowest BCUT2D eigenvalue weighted by molar-refractivity contribution is -0.120. The summed E-state index contributed by atoms with van der Waals surface area (Å²) in [5.41, 5.74) is 1.53. The number of amides is 2. The molecule has 0 radical (unpaired) electrons. The molecule has 0 aliphatic carbocycles. The zero-order chi connectivity index (χ0) is 19.1. The van der Waals surface area contributed by atoms with Crippen LogP contribution in [0.3, 0.4) is 0 Å². The Hall–Kier alpha value is -3.00. The van der Waals surface area contributed by atoms with E-state index >= 15 is 0 Å². The summed E-state index contributed by atoms with van der Waals surface area (Å²) in [6.07, 6.45) is 4.03. The van der Waals surface area contributed by atoms with Gasteiger partial charge in [-0.05, 0) is 36.6 Å². The number of ether oxygens (including phenoxy) is 1. The quantitative estimate of drug-likeness (QED) is 0.614. The topological polar surface area (TPSA) is 109 Å². The molecule has 2 amide bonds. The number of hydrogen-bond donors (Lipinski definition) is 3. The molecule has 0 spiro atoms. The summed E-state index contributed by atoms with van der Waals surface area (Å²) in [6.45, 7) is 4.64. The van der Waals surface area contributed by atoms with Gasteiger partial charge in [0.25, 0.3) is 0 Å². The highest BCUT2D eigenvalue weighted by Gasteiger charge is 2.21. The van der Waals surface area contributed by atoms with Crippen molar-refractivity contribution >= 4 is 17.5 Å². The average molecular weight is 369 g/mol. The first kappa shape index (κ1) is 18.8. The molecule has 1 aromatic heterocycles. The summed E-state index contributed by atoms with van der Waals surface area (Å²) in [4.78, 5) is 27.7. The fourth-order valence-electron chi connectivity index (χ4n) is 2.81. The van der Waals surface area contributed by atoms with E-state index in [0.717, 1.165) is 30.8 Å². The largest absolute Gasteiger partial charge is 0.370 e. The fourth-order valence-corrected chi connectivity index (χ4v) is 2.81. The standard InChI is InChI=1S/C19H23N5O3/c1-2-17(25)21-14-7-5-13(6-8-14)12-18(26)20-10-9-16-22-19(24-23-16)15-4-3-11-27-15/h2,5-8,15H,1,3-4,9-12H2,(H,20,26)(H,21,25)(H,22,23,24). The number of carbonyl (C=O) groups is 2. The molecule has 3 N–H and O–H groups in total. The van der Waals surface area contributed by atoms with Crippen LogP contribution in [-0.4, -0.2) is 40.1 Å². The van der Waals surface area contributed by atoms with Crippen LogP contribution < -0.4 is 10.6 Å². The van der Waals surface area contributed by atoms with Crippen molar-refractivity contribution in [1.29, 1.82) is 0 Å². The second-order valence-corrected chi connectivity index (χ2v) is 6.31. The lowest BCUT2D eigenvalue weighted by atomic mass is 10.1. The summed E-state index contributed by atoms with van der Waals surface area (Å²) in [6, 6.07) is 7.13. The Kier molecular flexibility index (Phi) is 6.32. The Morgan fingerprint density at radius 3 is 2.85 bits per heavy atom. The molecule has 8 heteroatoms. The highest BCUT2D eigenvalue weighted by Crippen LogP contribution is 2.25. The zero-order valence-electron chi connectivity index (χ0n) is 15.0. The van der Waals surface area contributed by atoms with Crippen molar-refractivity contribution in [1.82, 2.24) is 20.5 Å². The number of H-pyrrole nitrogens is 1. The van der Waals surface area contributed by atoms with Gasteiger partial charge in [0, 0.05) is 25.3 Å². The SMILES string of the molecule is C=CC(=O)Nc1ccc(CC(=O)NCCc2nc(C3CCCO3)n[nH]2)cc1. The molecule has 0 saturated carbocycles. The number of benzene rings is 1. The van der Waals surface area contributed by atoms with Gasteiger partial charge in [-0.1, -0.05) is 18.7 Å². The molecule has 1 aromatic carbocycles. The molecule has 2 heterocycles. The molecule has 1 saturated heterocycles. The van der Waals surface area contributed by atoms with Crippen LogP contribution >= 0.6 is 0 Å². The second kappa shape index (κ2) is 9.09. The van der Waals surface area contributed by atoms with E-state index in [9.17, 15) is 9.59 Å². The minimum absolute atomic E-state index is 0.0103. The van der Waals surface area contributed by atoms with E-state index in [2.05, 4.69) is 32.4 Å². The van der Waals surface area contributed by atoms with Gasteiger partial charge in [0.1, 0.15) is 11.9 Å². The number of anilines is 1. The highest BCUT2D eigenvalue weighted by molar-refractivity contribution is 5.98. The third kappa shape index (κ3) is 5.49. The summed E-state index contributed by atoms with van der Waals surface area (Å²) in [7, 11) is 0. The van der Waals surface area contributed by atoms with Crippen LogP contribution in [0.15, 0.2) is 36.9 Å². The maximum absolute atomic E-state index is 12.1. The summed E-state index contributed by atoms with van der Waals surface area (Å²) in [5, 5.41) is 12.6. The first-order valence-corrected chi connectivity index (χ1v) is 8.96. The molecule has 1 aliphatic heterocycles. The smallest absolute Gasteiger partial charge is 0.247 e. The number of nitrogens with one attached hydrogen (secondary N) is 3. The van der Waals surface area contributed by atoms with Gasteiger partial charge >= 0.3 is 0 Å². The van der Waals surface area contributed by atoms with Crippen molar-refractivity contribution in [3.05, 3.63) is 54.1 Å². The summed E-state index contributed by atoms with van der Waals surface area (Å²) in [5.74, 6) is 1.09. The van der Waals surface area contributed by atoms with E-state index < -0.39 is 0 Å². The van der Waals surface area contributed by atoms with E-state index in [1.165, 1.54) is 6.08 Å². The molecular formula is C19H23N5O3. The lowest BCUT2D eigenvalue weighted by Gasteiger charge is -2.06. The van der Waals surface area contributed by atoms with Gasteiger partial charge in [0.15, 0.2) is 5.82 Å². The molecule has 3 rings (SSSR count). The number of hydrogen-bond acceptors (Lipinski definition) is 5. The van der Waals surface area contributed by atoms with Crippen LogP contribution in [0.4, 0.5) is 5.69 Å². The number of aromatic nitrogens is 3. The third-order valence-electron chi connectivity index (χ3n) is 4.22. The van der Waals surface area contributed by atoms with Crippen molar-refractivity contribution < 1.29 is 14.3 Å². The maximum atomic E-state index is 12.1. The first-order chi connectivity index (χ1) is 13.1. The highest BCUT2D eigenvalue weighted by atomic mass is 16.5. The van der Waals surface area contributed by atoms with Crippen molar-refractivity contribution in [2.45, 2.75) is 31.8 Å². The Balaban J connectivity index is 1.40. The van der Waals surface area contributed by atoms with Crippen molar-refractivity contribution in [3.8, 4) is 0 Å². The van der Waals surface area contributed by atoms with E-state index in [1.807, 2.05) is 12.1 Å². The third-order valence-corrected chi connectivity index (χ3v) is 4.22. The van der Waals surface area contributed by atoms with Gasteiger partial charge in [-0.2, -0.15) is 5.10 Å². The first-order valence-electron chi connectivity index (χ1n) is 8.96. The Morgan fingerprint density at radius 1 is 1.33 bits per heavy atom. The monoisotopic (exact) mass is 369 g/mol. The number of carbonyl (C=O) groups excluding carboxylic acids is 2. The van der Waals surface area contributed by atoms with Gasteiger partial charge < -0.3 is 15.4 Å². The van der Waals surface area contributed by atoms with Crippen LogP contribution in [0.5, 0.6) is 0 Å². The molecule has 1 fully saturated rings. The molecule has 1 atom stereocenters. The van der Waals surface area contributed by atoms with E-state index in [4.69, 9.17) is 4.74 Å². The van der Waals surface area contributed by atoms with Gasteiger partial charge in [0.2, 0.25) is 11.8 Å². The van der Waals surface area contributed by atoms with Gasteiger partial charge in [-0.15, -0.1) is 0 Å². The number of rotatable bonds is 8. The molecule has 2 aromatic rings. The van der Waals surface area contributed by atoms with E-state index in [-0.39, 0.29) is 24.3 Å². The van der Waals surface area contributed by atoms with Crippen LogP contribution in [-0.2, 0) is 27.2 Å². The lowest BCUT2D eigenvalue weighted by Crippen LogP contribution is -2.27. The number of aromatic amines is 1. The molecular weight excluding hydrogens is 346 g/mol. The molecule has 27 heavy (non-hydrogen) atoms. The maximum Gasteiger partial charge on any atom is 0.247 e. The van der Waals surface area contributed by atoms with Crippen molar-refractivity contribution in [3.63, 3.8) is 0 Å². The molecule has 1 unspecified atom stereocenters. The zero-order valence-corrected chi connectivity index (χ0v) is 15.0. The average Bonchev–Trinajstić information content (AvgIpc) is 3.34. The molecule has 8 nitrogen and oxygen atoms in total. The Morgan fingerprint density at radius 2 is 2.15 bits per heavy atom. The van der Waals surface area contributed by atoms with Gasteiger partial charge in [-0.3, -0.25) is 14.7 Å². The predicted molar refractivity (Wildman–Crippen MR) is 100.0 cm³/mol. The minimum atomic E-state index is -0.268. The van der Waals surface area contributed by atoms with Crippen LogP contribution in [0.1, 0.15) is 36.2 Å². The van der Waals surface area contributed by atoms with E-state index in [1.54, 1.807) is 12.1 Å². The molecule has 0 bridgehead atoms. The number of nitrogens with zero attached hydrogens (tertiary/aromatic N) is 2. The minimum Gasteiger partial charge on any atom is -0.370 e. The van der Waals surface area contributed by atoms with E-state index in [0.29, 0.717) is 24.5 Å². The predicted octanol–water partition coefficient (Wildman–Crippen LogP) is 1.68.